The highest BCUT2D eigenvalue weighted by Gasteiger charge is 2.37. The van der Waals surface area contributed by atoms with Gasteiger partial charge in [-0.15, -0.1) is 0 Å². The second-order valence-electron chi connectivity index (χ2n) is 10.4. The van der Waals surface area contributed by atoms with E-state index in [9.17, 15) is 0 Å². The SMILES string of the molecule is C=C1/C=C\C=C/C2=C(CCC=C2)C1(C)c1cc2ccccc2cc1-c1ccccc1-c1ccc(C)cc1. The van der Waals surface area contributed by atoms with Gasteiger partial charge >= 0.3 is 0 Å². The minimum absolute atomic E-state index is 0.332. The number of aryl methyl sites for hydroxylation is 1. The van der Waals surface area contributed by atoms with Crippen molar-refractivity contribution in [3.63, 3.8) is 0 Å². The lowest BCUT2D eigenvalue weighted by molar-refractivity contribution is 0.631. The first-order valence-electron chi connectivity index (χ1n) is 13.2. The Balaban J connectivity index is 1.69. The number of rotatable bonds is 3. The summed E-state index contributed by atoms with van der Waals surface area (Å²) in [5, 5.41) is 2.52. The van der Waals surface area contributed by atoms with Gasteiger partial charge in [-0.1, -0.05) is 121 Å². The number of fused-ring (bicyclic) bond motifs is 1. The zero-order chi connectivity index (χ0) is 25.4. The van der Waals surface area contributed by atoms with Crippen molar-refractivity contribution in [3.05, 3.63) is 156 Å². The van der Waals surface area contributed by atoms with E-state index in [4.69, 9.17) is 0 Å². The Morgan fingerprint density at radius 3 is 2.16 bits per heavy atom. The molecule has 2 aliphatic rings. The molecule has 2 aliphatic carbocycles. The maximum Gasteiger partial charge on any atom is 0.0392 e. The standard InChI is InChI=1S/C37H32/c1-26-20-22-28(23-21-26)32-17-9-10-18-33(32)34-24-30-15-6-7-16-31(30)25-36(34)37(3)27(2)12-4-5-13-29-14-8-11-19-35(29)37/h4-10,12-18,20-25H,2,11,19H2,1,3H3/b12-4-,13-5-. The fourth-order valence-corrected chi connectivity index (χ4v) is 5.98. The molecular formula is C37H32. The molecule has 0 aromatic heterocycles. The third-order valence-corrected chi connectivity index (χ3v) is 8.14. The van der Waals surface area contributed by atoms with Crippen LogP contribution in [-0.4, -0.2) is 0 Å². The van der Waals surface area contributed by atoms with Gasteiger partial charge in [-0.3, -0.25) is 0 Å². The van der Waals surface area contributed by atoms with E-state index < -0.39 is 0 Å². The van der Waals surface area contributed by atoms with Crippen molar-refractivity contribution in [3.8, 4) is 22.3 Å². The maximum absolute atomic E-state index is 4.66. The van der Waals surface area contributed by atoms with E-state index in [1.165, 1.54) is 55.3 Å². The Morgan fingerprint density at radius 2 is 1.38 bits per heavy atom. The Labute approximate surface area is 220 Å². The van der Waals surface area contributed by atoms with Crippen LogP contribution in [0.1, 0.15) is 30.9 Å². The molecule has 4 aromatic rings. The van der Waals surface area contributed by atoms with Crippen molar-refractivity contribution < 1.29 is 0 Å². The van der Waals surface area contributed by atoms with Crippen LogP contribution in [0.4, 0.5) is 0 Å². The van der Waals surface area contributed by atoms with Crippen LogP contribution in [0, 0.1) is 6.92 Å². The maximum atomic E-state index is 4.66. The van der Waals surface area contributed by atoms with Crippen molar-refractivity contribution in [1.29, 1.82) is 0 Å². The highest BCUT2D eigenvalue weighted by molar-refractivity contribution is 5.94. The van der Waals surface area contributed by atoms with Gasteiger partial charge in [0.15, 0.2) is 0 Å². The molecule has 0 spiro atoms. The normalized spacial score (nSPS) is 20.9. The molecule has 4 aromatic carbocycles. The van der Waals surface area contributed by atoms with Crippen LogP contribution in [0.2, 0.25) is 0 Å². The molecule has 0 bridgehead atoms. The smallest absolute Gasteiger partial charge is 0.0392 e. The van der Waals surface area contributed by atoms with E-state index >= 15 is 0 Å². The summed E-state index contributed by atoms with van der Waals surface area (Å²) >= 11 is 0. The summed E-state index contributed by atoms with van der Waals surface area (Å²) in [6.45, 7) is 9.19. The number of benzene rings is 4. The largest absolute Gasteiger partial charge is 0.0946 e. The summed E-state index contributed by atoms with van der Waals surface area (Å²) < 4.78 is 0. The molecular weight excluding hydrogens is 444 g/mol. The van der Waals surface area contributed by atoms with Gasteiger partial charge in [0, 0.05) is 5.41 Å². The first kappa shape index (κ1) is 23.3. The molecule has 0 heteroatoms. The van der Waals surface area contributed by atoms with E-state index in [0.29, 0.717) is 0 Å². The highest BCUT2D eigenvalue weighted by atomic mass is 14.4. The van der Waals surface area contributed by atoms with E-state index in [2.05, 4.69) is 142 Å². The van der Waals surface area contributed by atoms with E-state index in [1.807, 2.05) is 0 Å². The molecule has 37 heavy (non-hydrogen) atoms. The van der Waals surface area contributed by atoms with Gasteiger partial charge in [0.2, 0.25) is 0 Å². The number of allylic oxidation sites excluding steroid dienone is 9. The van der Waals surface area contributed by atoms with Gasteiger partial charge in [-0.25, -0.2) is 0 Å². The van der Waals surface area contributed by atoms with E-state index in [0.717, 1.165) is 18.4 Å². The molecule has 0 saturated carbocycles. The Hall–Kier alpha value is -4.16. The van der Waals surface area contributed by atoms with Gasteiger partial charge in [0.1, 0.15) is 0 Å². The van der Waals surface area contributed by atoms with Gasteiger partial charge in [-0.2, -0.15) is 0 Å². The molecule has 0 aliphatic heterocycles. The molecule has 1 atom stereocenters. The first-order valence-corrected chi connectivity index (χ1v) is 13.2. The second-order valence-corrected chi connectivity index (χ2v) is 10.4. The van der Waals surface area contributed by atoms with Crippen molar-refractivity contribution in [2.24, 2.45) is 0 Å². The molecule has 180 valence electrons. The first-order chi connectivity index (χ1) is 18.1. The summed E-state index contributed by atoms with van der Waals surface area (Å²) in [7, 11) is 0. The molecule has 0 amide bonds. The van der Waals surface area contributed by atoms with Crippen LogP contribution >= 0.6 is 0 Å². The lowest BCUT2D eigenvalue weighted by Crippen LogP contribution is -2.29. The third kappa shape index (κ3) is 4.03. The van der Waals surface area contributed by atoms with Crippen LogP contribution in [0.15, 0.2) is 145 Å². The fourth-order valence-electron chi connectivity index (χ4n) is 5.98. The van der Waals surface area contributed by atoms with E-state index in [1.54, 1.807) is 0 Å². The zero-order valence-electron chi connectivity index (χ0n) is 21.7. The predicted molar refractivity (Wildman–Crippen MR) is 160 cm³/mol. The van der Waals surface area contributed by atoms with Gasteiger partial charge < -0.3 is 0 Å². The lowest BCUT2D eigenvalue weighted by Gasteiger charge is -2.39. The molecule has 0 heterocycles. The second kappa shape index (κ2) is 9.37. The van der Waals surface area contributed by atoms with Crippen molar-refractivity contribution in [1.82, 2.24) is 0 Å². The molecule has 0 radical (unpaired) electrons. The molecule has 0 fully saturated rings. The van der Waals surface area contributed by atoms with Gasteiger partial charge in [-0.05, 0) is 94.1 Å². The van der Waals surface area contributed by atoms with Crippen LogP contribution in [-0.2, 0) is 5.41 Å². The fraction of sp³-hybridized carbons (Fsp3) is 0.135. The molecule has 6 rings (SSSR count). The average molecular weight is 477 g/mol. The van der Waals surface area contributed by atoms with Crippen molar-refractivity contribution >= 4 is 10.8 Å². The Morgan fingerprint density at radius 1 is 0.703 bits per heavy atom. The van der Waals surface area contributed by atoms with E-state index in [-0.39, 0.29) is 5.41 Å². The van der Waals surface area contributed by atoms with Crippen LogP contribution in [0.3, 0.4) is 0 Å². The minimum Gasteiger partial charge on any atom is -0.0946 e. The lowest BCUT2D eigenvalue weighted by atomic mass is 9.64. The zero-order valence-corrected chi connectivity index (χ0v) is 21.7. The summed E-state index contributed by atoms with van der Waals surface area (Å²) in [6.07, 6.45) is 15.4. The average Bonchev–Trinajstić information content (AvgIpc) is 2.94. The summed E-state index contributed by atoms with van der Waals surface area (Å²) in [6, 6.07) is 31.3. The van der Waals surface area contributed by atoms with Gasteiger partial charge in [0.05, 0.1) is 0 Å². The Kier molecular flexibility index (Phi) is 5.89. The highest BCUT2D eigenvalue weighted by Crippen LogP contribution is 2.50. The number of hydrogen-bond acceptors (Lipinski definition) is 0. The quantitative estimate of drug-likeness (QED) is 0.276. The molecule has 0 N–H and O–H groups in total. The summed E-state index contributed by atoms with van der Waals surface area (Å²) in [5.41, 5.74) is 11.2. The van der Waals surface area contributed by atoms with Crippen LogP contribution in [0.25, 0.3) is 33.0 Å². The van der Waals surface area contributed by atoms with Gasteiger partial charge in [0.25, 0.3) is 0 Å². The molecule has 0 saturated heterocycles. The number of hydrogen-bond donors (Lipinski definition) is 0. The van der Waals surface area contributed by atoms with Crippen LogP contribution < -0.4 is 0 Å². The Bertz CT molecular complexity index is 1640. The van der Waals surface area contributed by atoms with Crippen LogP contribution in [0.5, 0.6) is 0 Å². The summed E-state index contributed by atoms with van der Waals surface area (Å²) in [4.78, 5) is 0. The van der Waals surface area contributed by atoms with Crippen molar-refractivity contribution in [2.75, 3.05) is 0 Å². The molecule has 1 unspecified atom stereocenters. The predicted octanol–water partition coefficient (Wildman–Crippen LogP) is 10.1. The monoisotopic (exact) mass is 476 g/mol. The minimum atomic E-state index is -0.332. The topological polar surface area (TPSA) is 0 Å². The molecule has 0 nitrogen and oxygen atoms in total. The third-order valence-electron chi connectivity index (χ3n) is 8.14. The van der Waals surface area contributed by atoms with Crippen molar-refractivity contribution in [2.45, 2.75) is 32.1 Å². The summed E-state index contributed by atoms with van der Waals surface area (Å²) in [5.74, 6) is 0.